The van der Waals surface area contributed by atoms with Crippen LogP contribution in [0.5, 0.6) is 11.5 Å². The van der Waals surface area contributed by atoms with Crippen LogP contribution in [0.2, 0.25) is 0 Å². The fourth-order valence-corrected chi connectivity index (χ4v) is 1.74. The molecule has 0 amide bonds. The highest BCUT2D eigenvalue weighted by atomic mass is 19.4. The molecule has 0 aliphatic carbocycles. The van der Waals surface area contributed by atoms with E-state index in [1.165, 1.54) is 30.3 Å². The number of benzene rings is 2. The molecule has 7 heteroatoms. The van der Waals surface area contributed by atoms with E-state index in [1.54, 1.807) is 0 Å². The van der Waals surface area contributed by atoms with E-state index in [2.05, 4.69) is 4.74 Å². The molecule has 2 aromatic rings. The molecule has 0 aromatic heterocycles. The molecule has 4 nitrogen and oxygen atoms in total. The van der Waals surface area contributed by atoms with Crippen LogP contribution in [0.4, 0.5) is 13.2 Å². The normalized spacial score (nSPS) is 11.2. The van der Waals surface area contributed by atoms with Crippen molar-refractivity contribution in [2.45, 2.75) is 6.36 Å². The van der Waals surface area contributed by atoms with Crippen molar-refractivity contribution in [3.05, 3.63) is 48.0 Å². The number of aromatic hydroxyl groups is 1. The zero-order valence-corrected chi connectivity index (χ0v) is 10.4. The molecule has 2 N–H and O–H groups in total. The molecule has 0 atom stereocenters. The summed E-state index contributed by atoms with van der Waals surface area (Å²) in [4.78, 5) is 10.8. The third kappa shape index (κ3) is 3.65. The van der Waals surface area contributed by atoms with Gasteiger partial charge in [-0.25, -0.2) is 4.79 Å². The number of aromatic carboxylic acids is 1. The van der Waals surface area contributed by atoms with Crippen LogP contribution in [-0.4, -0.2) is 22.5 Å². The van der Waals surface area contributed by atoms with E-state index in [0.29, 0.717) is 11.1 Å². The van der Waals surface area contributed by atoms with Gasteiger partial charge in [-0.2, -0.15) is 0 Å². The molecule has 2 aromatic carbocycles. The van der Waals surface area contributed by atoms with E-state index >= 15 is 0 Å². The van der Waals surface area contributed by atoms with Crippen LogP contribution >= 0.6 is 0 Å². The molecule has 0 saturated heterocycles. The van der Waals surface area contributed by atoms with Crippen molar-refractivity contribution in [1.29, 1.82) is 0 Å². The Morgan fingerprint density at radius 2 is 1.57 bits per heavy atom. The van der Waals surface area contributed by atoms with E-state index in [-0.39, 0.29) is 11.3 Å². The number of phenols is 1. The van der Waals surface area contributed by atoms with Crippen LogP contribution in [0.1, 0.15) is 10.4 Å². The van der Waals surface area contributed by atoms with Gasteiger partial charge in [-0.1, -0.05) is 18.2 Å². The predicted octanol–water partition coefficient (Wildman–Crippen LogP) is 3.66. The molecule has 0 spiro atoms. The fraction of sp³-hybridized carbons (Fsp3) is 0.0714. The summed E-state index contributed by atoms with van der Waals surface area (Å²) in [6.45, 7) is 0. The van der Waals surface area contributed by atoms with Crippen LogP contribution in [-0.2, 0) is 0 Å². The van der Waals surface area contributed by atoms with Crippen molar-refractivity contribution in [1.82, 2.24) is 0 Å². The summed E-state index contributed by atoms with van der Waals surface area (Å²) >= 11 is 0. The lowest BCUT2D eigenvalue weighted by atomic mass is 10.0. The van der Waals surface area contributed by atoms with E-state index in [4.69, 9.17) is 5.11 Å². The second-order valence-electron chi connectivity index (χ2n) is 4.11. The smallest absolute Gasteiger partial charge is 0.507 e. The van der Waals surface area contributed by atoms with Gasteiger partial charge >= 0.3 is 12.3 Å². The minimum atomic E-state index is -4.76. The second-order valence-corrected chi connectivity index (χ2v) is 4.11. The molecule has 110 valence electrons. The maximum atomic E-state index is 12.0. The number of halogens is 3. The zero-order valence-electron chi connectivity index (χ0n) is 10.4. The van der Waals surface area contributed by atoms with Gasteiger partial charge in [-0.3, -0.25) is 0 Å². The third-order valence-corrected chi connectivity index (χ3v) is 2.65. The number of rotatable bonds is 3. The molecular weight excluding hydrogens is 289 g/mol. The van der Waals surface area contributed by atoms with Crippen LogP contribution in [0, 0.1) is 0 Å². The first-order valence-electron chi connectivity index (χ1n) is 5.69. The fourth-order valence-electron chi connectivity index (χ4n) is 1.74. The van der Waals surface area contributed by atoms with Crippen molar-refractivity contribution in [3.63, 3.8) is 0 Å². The predicted molar refractivity (Wildman–Crippen MR) is 67.2 cm³/mol. The topological polar surface area (TPSA) is 66.8 Å². The number of carboxylic acids is 1. The van der Waals surface area contributed by atoms with Gasteiger partial charge in [0, 0.05) is 0 Å². The molecule has 2 rings (SSSR count). The Bertz CT molecular complexity index is 663. The molecule has 0 fully saturated rings. The maximum Gasteiger partial charge on any atom is 0.573 e. The van der Waals surface area contributed by atoms with Gasteiger partial charge in [0.25, 0.3) is 0 Å². The lowest BCUT2D eigenvalue weighted by molar-refractivity contribution is -0.274. The quantitative estimate of drug-likeness (QED) is 0.907. The molecule has 0 heterocycles. The van der Waals surface area contributed by atoms with Crippen molar-refractivity contribution < 1.29 is 32.9 Å². The summed E-state index contributed by atoms with van der Waals surface area (Å²) in [6, 6.07) is 8.89. The van der Waals surface area contributed by atoms with Crippen LogP contribution in [0.15, 0.2) is 42.5 Å². The van der Waals surface area contributed by atoms with Crippen LogP contribution < -0.4 is 4.74 Å². The molecule has 21 heavy (non-hydrogen) atoms. The molecule has 0 saturated carbocycles. The van der Waals surface area contributed by atoms with Gasteiger partial charge in [0.05, 0.1) is 0 Å². The molecule has 0 bridgehead atoms. The first kappa shape index (κ1) is 14.7. The largest absolute Gasteiger partial charge is 0.573 e. The number of hydrogen-bond acceptors (Lipinski definition) is 3. The summed E-state index contributed by atoms with van der Waals surface area (Å²) < 4.78 is 39.8. The third-order valence-electron chi connectivity index (χ3n) is 2.65. The Morgan fingerprint density at radius 1 is 1.00 bits per heavy atom. The van der Waals surface area contributed by atoms with Gasteiger partial charge in [-0.15, -0.1) is 13.2 Å². The lowest BCUT2D eigenvalue weighted by Gasteiger charge is -2.09. The van der Waals surface area contributed by atoms with Crippen molar-refractivity contribution in [2.75, 3.05) is 0 Å². The molecule has 0 radical (unpaired) electrons. The summed E-state index contributed by atoms with van der Waals surface area (Å²) in [6.07, 6.45) is -4.76. The highest BCUT2D eigenvalue weighted by molar-refractivity contribution is 5.91. The van der Waals surface area contributed by atoms with E-state index in [0.717, 1.165) is 12.1 Å². The standard InChI is InChI=1S/C14H9F3O4/c15-14(16,17)21-10-4-1-8(2-5-10)9-3-6-11(13(19)20)12(18)7-9/h1-7,18H,(H,19,20). The van der Waals surface area contributed by atoms with Crippen LogP contribution in [0.3, 0.4) is 0 Å². The Balaban J connectivity index is 2.27. The average molecular weight is 298 g/mol. The van der Waals surface area contributed by atoms with Crippen LogP contribution in [0.25, 0.3) is 11.1 Å². The van der Waals surface area contributed by atoms with Gasteiger partial charge in [0.1, 0.15) is 17.1 Å². The maximum absolute atomic E-state index is 12.0. The minimum Gasteiger partial charge on any atom is -0.507 e. The summed E-state index contributed by atoms with van der Waals surface area (Å²) in [7, 11) is 0. The van der Waals surface area contributed by atoms with Gasteiger partial charge in [0.2, 0.25) is 0 Å². The monoisotopic (exact) mass is 298 g/mol. The summed E-state index contributed by atoms with van der Waals surface area (Å²) in [5.74, 6) is -2.05. The second kappa shape index (κ2) is 5.35. The first-order valence-corrected chi connectivity index (χ1v) is 5.69. The Labute approximate surface area is 117 Å². The number of carbonyl (C=O) groups is 1. The molecule has 0 aliphatic heterocycles. The number of hydrogen-bond donors (Lipinski definition) is 2. The molecule has 0 aliphatic rings. The van der Waals surface area contributed by atoms with E-state index in [9.17, 15) is 23.1 Å². The SMILES string of the molecule is O=C(O)c1ccc(-c2ccc(OC(F)(F)F)cc2)cc1O. The summed E-state index contributed by atoms with van der Waals surface area (Å²) in [5.41, 5.74) is 0.726. The average Bonchev–Trinajstić information content (AvgIpc) is 2.37. The van der Waals surface area contributed by atoms with Gasteiger partial charge in [0.15, 0.2) is 0 Å². The van der Waals surface area contributed by atoms with Gasteiger partial charge in [-0.05, 0) is 35.4 Å². The minimum absolute atomic E-state index is 0.254. The molecular formula is C14H9F3O4. The van der Waals surface area contributed by atoms with Crippen molar-refractivity contribution in [2.24, 2.45) is 0 Å². The Morgan fingerprint density at radius 3 is 2.05 bits per heavy atom. The van der Waals surface area contributed by atoms with E-state index < -0.39 is 18.1 Å². The number of carboxylic acid groups (broad SMARTS) is 1. The zero-order chi connectivity index (χ0) is 15.6. The van der Waals surface area contributed by atoms with E-state index in [1.807, 2.05) is 0 Å². The Kier molecular flexibility index (Phi) is 3.75. The number of alkyl halides is 3. The summed E-state index contributed by atoms with van der Waals surface area (Å²) in [5, 5.41) is 18.4. The van der Waals surface area contributed by atoms with Crippen molar-refractivity contribution >= 4 is 5.97 Å². The van der Waals surface area contributed by atoms with Crippen molar-refractivity contribution in [3.8, 4) is 22.6 Å². The highest BCUT2D eigenvalue weighted by Gasteiger charge is 2.30. The highest BCUT2D eigenvalue weighted by Crippen LogP contribution is 2.29. The lowest BCUT2D eigenvalue weighted by Crippen LogP contribution is -2.16. The van der Waals surface area contributed by atoms with Gasteiger partial charge < -0.3 is 14.9 Å². The Hall–Kier alpha value is -2.70. The molecule has 0 unspecified atom stereocenters. The first-order chi connectivity index (χ1) is 9.76. The number of ether oxygens (including phenoxy) is 1.